The highest BCUT2D eigenvalue weighted by molar-refractivity contribution is 9.09. The lowest BCUT2D eigenvalue weighted by Gasteiger charge is -2.19. The fourth-order valence-corrected chi connectivity index (χ4v) is 3.57. The van der Waals surface area contributed by atoms with Gasteiger partial charge < -0.3 is 0 Å². The summed E-state index contributed by atoms with van der Waals surface area (Å²) in [6.07, 6.45) is 1.10. The average Bonchev–Trinajstić information content (AvgIpc) is 2.38. The molecule has 2 rings (SSSR count). The predicted molar refractivity (Wildman–Crippen MR) is 92.1 cm³/mol. The summed E-state index contributed by atoms with van der Waals surface area (Å²) in [6.45, 7) is 8.80. The quantitative estimate of drug-likeness (QED) is 0.636. The molecule has 0 aliphatic carbocycles. The zero-order chi connectivity index (χ0) is 14.7. The van der Waals surface area contributed by atoms with E-state index in [1.807, 2.05) is 0 Å². The van der Waals surface area contributed by atoms with Gasteiger partial charge in [0.15, 0.2) is 0 Å². The highest BCUT2D eigenvalue weighted by Gasteiger charge is 2.14. The van der Waals surface area contributed by atoms with E-state index in [2.05, 4.69) is 80.0 Å². The SMILES string of the molecule is Cc1cccc(C(CBr)Cc2c(C)cc(C)cc2C)c1. The fourth-order valence-electron chi connectivity index (χ4n) is 2.96. The first kappa shape index (κ1) is 15.3. The third-order valence-corrected chi connectivity index (χ3v) is 4.77. The van der Waals surface area contributed by atoms with E-state index < -0.39 is 0 Å². The molecule has 0 heterocycles. The monoisotopic (exact) mass is 330 g/mol. The molecule has 0 nitrogen and oxygen atoms in total. The zero-order valence-corrected chi connectivity index (χ0v) is 14.4. The van der Waals surface area contributed by atoms with Crippen molar-refractivity contribution in [3.8, 4) is 0 Å². The molecule has 0 aliphatic heterocycles. The van der Waals surface area contributed by atoms with E-state index in [4.69, 9.17) is 0 Å². The maximum atomic E-state index is 3.70. The summed E-state index contributed by atoms with van der Waals surface area (Å²) in [5.41, 5.74) is 8.46. The third-order valence-electron chi connectivity index (χ3n) is 3.99. The minimum absolute atomic E-state index is 0.537. The molecular weight excluding hydrogens is 308 g/mol. The molecule has 1 heteroatoms. The normalized spacial score (nSPS) is 12.4. The highest BCUT2D eigenvalue weighted by Crippen LogP contribution is 2.27. The van der Waals surface area contributed by atoms with Crippen molar-refractivity contribution in [1.82, 2.24) is 0 Å². The molecule has 1 unspecified atom stereocenters. The van der Waals surface area contributed by atoms with E-state index >= 15 is 0 Å². The molecule has 0 radical (unpaired) electrons. The number of rotatable bonds is 4. The molecule has 106 valence electrons. The van der Waals surface area contributed by atoms with Crippen molar-refractivity contribution in [1.29, 1.82) is 0 Å². The number of hydrogen-bond donors (Lipinski definition) is 0. The van der Waals surface area contributed by atoms with Gasteiger partial charge in [-0.15, -0.1) is 0 Å². The minimum atomic E-state index is 0.537. The second-order valence-electron chi connectivity index (χ2n) is 5.85. The first-order valence-electron chi connectivity index (χ1n) is 7.20. The molecule has 0 amide bonds. The van der Waals surface area contributed by atoms with Crippen LogP contribution in [-0.2, 0) is 6.42 Å². The van der Waals surface area contributed by atoms with Crippen LogP contribution < -0.4 is 0 Å². The van der Waals surface area contributed by atoms with E-state index in [1.54, 1.807) is 0 Å². The molecule has 1 atom stereocenters. The molecule has 0 N–H and O–H groups in total. The summed E-state index contributed by atoms with van der Waals surface area (Å²) in [4.78, 5) is 0. The lowest BCUT2D eigenvalue weighted by molar-refractivity contribution is 0.765. The highest BCUT2D eigenvalue weighted by atomic mass is 79.9. The van der Waals surface area contributed by atoms with Gasteiger partial charge >= 0.3 is 0 Å². The Balaban J connectivity index is 2.32. The summed E-state index contributed by atoms with van der Waals surface area (Å²) < 4.78 is 0. The van der Waals surface area contributed by atoms with Gasteiger partial charge in [-0.25, -0.2) is 0 Å². The standard InChI is InChI=1S/C19H23Br/c1-13-6-5-7-17(10-13)18(12-20)11-19-15(3)8-14(2)9-16(19)4/h5-10,18H,11-12H2,1-4H3. The van der Waals surface area contributed by atoms with E-state index in [9.17, 15) is 0 Å². The molecule has 2 aromatic carbocycles. The summed E-state index contributed by atoms with van der Waals surface area (Å²) in [7, 11) is 0. The molecule has 2 aromatic rings. The lowest BCUT2D eigenvalue weighted by Crippen LogP contribution is -2.07. The van der Waals surface area contributed by atoms with Crippen LogP contribution in [0.4, 0.5) is 0 Å². The van der Waals surface area contributed by atoms with E-state index in [-0.39, 0.29) is 0 Å². The Morgan fingerprint density at radius 1 is 0.900 bits per heavy atom. The third kappa shape index (κ3) is 3.52. The van der Waals surface area contributed by atoms with Crippen molar-refractivity contribution in [2.75, 3.05) is 5.33 Å². The van der Waals surface area contributed by atoms with E-state index in [0.29, 0.717) is 5.92 Å². The van der Waals surface area contributed by atoms with Gasteiger partial charge in [-0.1, -0.05) is 63.5 Å². The Kier molecular flexibility index (Phi) is 5.04. The summed E-state index contributed by atoms with van der Waals surface area (Å²) in [5, 5.41) is 1.00. The number of hydrogen-bond acceptors (Lipinski definition) is 0. The second kappa shape index (κ2) is 6.58. The van der Waals surface area contributed by atoms with Crippen LogP contribution in [0.5, 0.6) is 0 Å². The smallest absolute Gasteiger partial charge is 0.0103 e. The predicted octanol–water partition coefficient (Wildman–Crippen LogP) is 5.64. The van der Waals surface area contributed by atoms with Crippen LogP contribution in [0.15, 0.2) is 36.4 Å². The molecule has 0 saturated carbocycles. The van der Waals surface area contributed by atoms with Gasteiger partial charge in [-0.2, -0.15) is 0 Å². The molecule has 0 aliphatic rings. The van der Waals surface area contributed by atoms with Crippen molar-refractivity contribution in [3.63, 3.8) is 0 Å². The number of halogens is 1. The summed E-state index contributed by atoms with van der Waals surface area (Å²) in [6, 6.07) is 13.5. The minimum Gasteiger partial charge on any atom is -0.0921 e. The van der Waals surface area contributed by atoms with Crippen LogP contribution >= 0.6 is 15.9 Å². The van der Waals surface area contributed by atoms with Crippen LogP contribution in [0, 0.1) is 27.7 Å². The van der Waals surface area contributed by atoms with E-state index in [1.165, 1.54) is 33.4 Å². The Bertz CT molecular complexity index is 575. The van der Waals surface area contributed by atoms with Crippen molar-refractivity contribution < 1.29 is 0 Å². The van der Waals surface area contributed by atoms with Gasteiger partial charge in [0.1, 0.15) is 0 Å². The van der Waals surface area contributed by atoms with Gasteiger partial charge in [0.2, 0.25) is 0 Å². The van der Waals surface area contributed by atoms with Crippen LogP contribution in [-0.4, -0.2) is 5.33 Å². The van der Waals surface area contributed by atoms with Gasteiger partial charge in [-0.05, 0) is 62.3 Å². The van der Waals surface area contributed by atoms with Crippen molar-refractivity contribution >= 4 is 15.9 Å². The van der Waals surface area contributed by atoms with Crippen LogP contribution in [0.2, 0.25) is 0 Å². The maximum Gasteiger partial charge on any atom is 0.0103 e. The van der Waals surface area contributed by atoms with Crippen molar-refractivity contribution in [2.45, 2.75) is 40.0 Å². The first-order valence-corrected chi connectivity index (χ1v) is 8.32. The van der Waals surface area contributed by atoms with Gasteiger partial charge in [0.05, 0.1) is 0 Å². The molecule has 0 spiro atoms. The largest absolute Gasteiger partial charge is 0.0921 e. The second-order valence-corrected chi connectivity index (χ2v) is 6.49. The average molecular weight is 331 g/mol. The van der Waals surface area contributed by atoms with E-state index in [0.717, 1.165) is 11.8 Å². The molecule has 0 fully saturated rings. The Morgan fingerprint density at radius 3 is 2.10 bits per heavy atom. The zero-order valence-electron chi connectivity index (χ0n) is 12.8. The van der Waals surface area contributed by atoms with Crippen molar-refractivity contribution in [2.24, 2.45) is 0 Å². The van der Waals surface area contributed by atoms with Gasteiger partial charge in [0.25, 0.3) is 0 Å². The Morgan fingerprint density at radius 2 is 1.55 bits per heavy atom. The van der Waals surface area contributed by atoms with Crippen LogP contribution in [0.25, 0.3) is 0 Å². The molecular formula is C19H23Br. The van der Waals surface area contributed by atoms with Crippen molar-refractivity contribution in [3.05, 3.63) is 69.8 Å². The van der Waals surface area contributed by atoms with Gasteiger partial charge in [0, 0.05) is 5.33 Å². The molecule has 0 saturated heterocycles. The first-order chi connectivity index (χ1) is 9.51. The number of aryl methyl sites for hydroxylation is 4. The van der Waals surface area contributed by atoms with Crippen LogP contribution in [0.3, 0.4) is 0 Å². The van der Waals surface area contributed by atoms with Gasteiger partial charge in [-0.3, -0.25) is 0 Å². The topological polar surface area (TPSA) is 0 Å². The summed E-state index contributed by atoms with van der Waals surface area (Å²) in [5.74, 6) is 0.537. The Hall–Kier alpha value is -1.08. The fraction of sp³-hybridized carbons (Fsp3) is 0.368. The molecule has 0 aromatic heterocycles. The molecule has 20 heavy (non-hydrogen) atoms. The number of alkyl halides is 1. The maximum absolute atomic E-state index is 3.70. The Labute approximate surface area is 131 Å². The number of benzene rings is 2. The molecule has 0 bridgehead atoms. The lowest BCUT2D eigenvalue weighted by atomic mass is 9.88. The summed E-state index contributed by atoms with van der Waals surface area (Å²) >= 11 is 3.70. The van der Waals surface area contributed by atoms with Crippen LogP contribution in [0.1, 0.15) is 39.3 Å².